The van der Waals surface area contributed by atoms with Crippen LogP contribution in [0, 0.1) is 5.92 Å². The molecule has 0 bridgehead atoms. The van der Waals surface area contributed by atoms with Gasteiger partial charge in [0.1, 0.15) is 0 Å². The van der Waals surface area contributed by atoms with Crippen molar-refractivity contribution in [2.75, 3.05) is 5.32 Å². The van der Waals surface area contributed by atoms with Crippen LogP contribution in [0.1, 0.15) is 29.5 Å². The predicted molar refractivity (Wildman–Crippen MR) is 94.6 cm³/mol. The van der Waals surface area contributed by atoms with Crippen LogP contribution in [0.25, 0.3) is 0 Å². The molecule has 0 saturated heterocycles. The van der Waals surface area contributed by atoms with Crippen LogP contribution in [0.5, 0.6) is 0 Å². The van der Waals surface area contributed by atoms with Crippen LogP contribution in [-0.2, 0) is 0 Å². The van der Waals surface area contributed by atoms with E-state index in [9.17, 15) is 0 Å². The monoisotopic (exact) mass is 403 g/mol. The van der Waals surface area contributed by atoms with E-state index < -0.39 is 0 Å². The molecule has 2 aliphatic rings. The summed E-state index contributed by atoms with van der Waals surface area (Å²) in [6.07, 6.45) is 5.84. The van der Waals surface area contributed by atoms with Crippen molar-refractivity contribution < 1.29 is 0 Å². The van der Waals surface area contributed by atoms with Crippen LogP contribution in [0.15, 0.2) is 63.6 Å². The van der Waals surface area contributed by atoms with Gasteiger partial charge in [-0.05, 0) is 47.7 Å². The van der Waals surface area contributed by atoms with E-state index in [2.05, 4.69) is 91.8 Å². The lowest BCUT2D eigenvalue weighted by Gasteiger charge is -2.38. The molecule has 0 amide bonds. The molecule has 0 saturated carbocycles. The molecule has 3 atom stereocenters. The van der Waals surface area contributed by atoms with Gasteiger partial charge >= 0.3 is 0 Å². The molecule has 0 spiro atoms. The number of allylic oxidation sites excluding steroid dienone is 2. The SMILES string of the molecule is Brc1ccc2c(c1)[C@@H]1C=CC[C@@H]1[C@H](c1ccccc1Br)N2. The van der Waals surface area contributed by atoms with Gasteiger partial charge in [0, 0.05) is 20.6 Å². The lowest BCUT2D eigenvalue weighted by molar-refractivity contribution is 0.424. The first-order valence-electron chi connectivity index (χ1n) is 7.21. The fourth-order valence-corrected chi connectivity index (χ4v) is 4.51. The summed E-state index contributed by atoms with van der Waals surface area (Å²) in [4.78, 5) is 0. The molecule has 1 aliphatic heterocycles. The smallest absolute Gasteiger partial charge is 0.0565 e. The largest absolute Gasteiger partial charge is 0.378 e. The number of benzene rings is 2. The van der Waals surface area contributed by atoms with Gasteiger partial charge in [-0.25, -0.2) is 0 Å². The highest BCUT2D eigenvalue weighted by molar-refractivity contribution is 9.10. The number of anilines is 1. The van der Waals surface area contributed by atoms with Gasteiger partial charge in [0.05, 0.1) is 6.04 Å². The van der Waals surface area contributed by atoms with Crippen molar-refractivity contribution in [2.24, 2.45) is 5.92 Å². The molecule has 0 fully saturated rings. The Bertz CT molecular complexity index is 723. The van der Waals surface area contributed by atoms with Crippen LogP contribution < -0.4 is 5.32 Å². The first kappa shape index (κ1) is 13.6. The van der Waals surface area contributed by atoms with Crippen molar-refractivity contribution in [3.05, 3.63) is 74.7 Å². The van der Waals surface area contributed by atoms with Crippen LogP contribution >= 0.6 is 31.9 Å². The molecular weight excluding hydrogens is 390 g/mol. The lowest BCUT2D eigenvalue weighted by Crippen LogP contribution is -2.29. The minimum Gasteiger partial charge on any atom is -0.378 e. The number of hydrogen-bond donors (Lipinski definition) is 1. The number of hydrogen-bond acceptors (Lipinski definition) is 1. The highest BCUT2D eigenvalue weighted by atomic mass is 79.9. The van der Waals surface area contributed by atoms with E-state index in [1.165, 1.54) is 21.3 Å². The molecule has 0 radical (unpaired) electrons. The average Bonchev–Trinajstić information content (AvgIpc) is 2.97. The minimum atomic E-state index is 0.356. The Morgan fingerprint density at radius 3 is 2.71 bits per heavy atom. The topological polar surface area (TPSA) is 12.0 Å². The van der Waals surface area contributed by atoms with Gasteiger partial charge in [-0.2, -0.15) is 0 Å². The van der Waals surface area contributed by atoms with Crippen LogP contribution in [-0.4, -0.2) is 0 Å². The van der Waals surface area contributed by atoms with E-state index in [0.29, 0.717) is 17.9 Å². The molecule has 0 unspecified atom stereocenters. The molecule has 1 aliphatic carbocycles. The lowest BCUT2D eigenvalue weighted by atomic mass is 9.77. The Labute approximate surface area is 141 Å². The van der Waals surface area contributed by atoms with E-state index in [0.717, 1.165) is 10.9 Å². The van der Waals surface area contributed by atoms with Gasteiger partial charge in [-0.1, -0.05) is 62.2 Å². The quantitative estimate of drug-likeness (QED) is 0.571. The van der Waals surface area contributed by atoms with Crippen molar-refractivity contribution in [1.29, 1.82) is 0 Å². The first-order chi connectivity index (χ1) is 10.2. The summed E-state index contributed by atoms with van der Waals surface area (Å²) in [5.41, 5.74) is 4.02. The van der Waals surface area contributed by atoms with Crippen LogP contribution in [0.3, 0.4) is 0 Å². The van der Waals surface area contributed by atoms with E-state index in [-0.39, 0.29) is 0 Å². The highest BCUT2D eigenvalue weighted by Gasteiger charge is 2.38. The number of rotatable bonds is 1. The maximum absolute atomic E-state index is 3.76. The second-order valence-electron chi connectivity index (χ2n) is 5.73. The van der Waals surface area contributed by atoms with Gasteiger partial charge in [0.25, 0.3) is 0 Å². The Balaban J connectivity index is 1.82. The molecule has 3 heteroatoms. The standard InChI is InChI=1S/C18H15Br2N/c19-11-8-9-17-15(10-11)12-5-3-6-13(12)18(21-17)14-4-1-2-7-16(14)20/h1-5,7-10,12-13,18,21H,6H2/t12-,13+,18-/m1/s1. The summed E-state index contributed by atoms with van der Waals surface area (Å²) < 4.78 is 2.34. The second-order valence-corrected chi connectivity index (χ2v) is 7.50. The molecule has 1 nitrogen and oxygen atoms in total. The minimum absolute atomic E-state index is 0.356. The maximum Gasteiger partial charge on any atom is 0.0565 e. The fourth-order valence-electron chi connectivity index (χ4n) is 3.60. The molecular formula is C18H15Br2N. The number of nitrogens with one attached hydrogen (secondary N) is 1. The average molecular weight is 405 g/mol. The summed E-state index contributed by atoms with van der Waals surface area (Å²) in [5, 5.41) is 3.76. The molecule has 4 rings (SSSR count). The van der Waals surface area contributed by atoms with Crippen LogP contribution in [0.2, 0.25) is 0 Å². The Kier molecular flexibility index (Phi) is 3.43. The van der Waals surface area contributed by atoms with Crippen molar-refractivity contribution in [3.8, 4) is 0 Å². The van der Waals surface area contributed by atoms with E-state index in [1.807, 2.05) is 0 Å². The zero-order chi connectivity index (χ0) is 14.4. The zero-order valence-corrected chi connectivity index (χ0v) is 14.6. The third-order valence-corrected chi connectivity index (χ3v) is 5.78. The molecule has 0 aromatic heterocycles. The van der Waals surface area contributed by atoms with Crippen molar-refractivity contribution in [1.82, 2.24) is 0 Å². The van der Waals surface area contributed by atoms with Gasteiger partial charge in [0.15, 0.2) is 0 Å². The molecule has 2 aromatic carbocycles. The van der Waals surface area contributed by atoms with E-state index >= 15 is 0 Å². The number of halogens is 2. The molecule has 2 aromatic rings. The van der Waals surface area contributed by atoms with Gasteiger partial charge in [-0.15, -0.1) is 0 Å². The summed E-state index contributed by atoms with van der Waals surface area (Å²) >= 11 is 7.31. The molecule has 106 valence electrons. The molecule has 1 N–H and O–H groups in total. The van der Waals surface area contributed by atoms with E-state index in [4.69, 9.17) is 0 Å². The zero-order valence-electron chi connectivity index (χ0n) is 11.4. The summed E-state index contributed by atoms with van der Waals surface area (Å²) in [6.45, 7) is 0. The van der Waals surface area contributed by atoms with Crippen molar-refractivity contribution in [2.45, 2.75) is 18.4 Å². The fraction of sp³-hybridized carbons (Fsp3) is 0.222. The van der Waals surface area contributed by atoms with Crippen molar-refractivity contribution in [3.63, 3.8) is 0 Å². The summed E-state index contributed by atoms with van der Waals surface area (Å²) in [6, 6.07) is 15.5. The Morgan fingerprint density at radius 2 is 1.86 bits per heavy atom. The third kappa shape index (κ3) is 2.27. The Hall–Kier alpha value is -1.06. The highest BCUT2D eigenvalue weighted by Crippen LogP contribution is 2.51. The molecule has 21 heavy (non-hydrogen) atoms. The number of fused-ring (bicyclic) bond motifs is 3. The Morgan fingerprint density at radius 1 is 1.00 bits per heavy atom. The van der Waals surface area contributed by atoms with Gasteiger partial charge in [0.2, 0.25) is 0 Å². The maximum atomic E-state index is 3.76. The van der Waals surface area contributed by atoms with Gasteiger partial charge < -0.3 is 5.32 Å². The van der Waals surface area contributed by atoms with Crippen LogP contribution in [0.4, 0.5) is 5.69 Å². The normalized spacial score (nSPS) is 26.1. The third-order valence-electron chi connectivity index (χ3n) is 4.57. The van der Waals surface area contributed by atoms with E-state index in [1.54, 1.807) is 0 Å². The summed E-state index contributed by atoms with van der Waals surface area (Å²) in [7, 11) is 0. The van der Waals surface area contributed by atoms with Crippen molar-refractivity contribution >= 4 is 37.5 Å². The summed E-state index contributed by atoms with van der Waals surface area (Å²) in [5.74, 6) is 1.10. The second kappa shape index (κ2) is 5.29. The molecule has 1 heterocycles. The predicted octanol–water partition coefficient (Wildman–Crippen LogP) is 6.04. The van der Waals surface area contributed by atoms with Gasteiger partial charge in [-0.3, -0.25) is 0 Å². The first-order valence-corrected chi connectivity index (χ1v) is 8.80.